The Bertz CT molecular complexity index is 1000. The zero-order valence-electron chi connectivity index (χ0n) is 17.3. The highest BCUT2D eigenvalue weighted by Gasteiger charge is 2.27. The molecule has 2 aliphatic rings. The standard InChI is InChI=1S/C25H28N4O/c30-24-21-13-7-8-14-22(21)26-25(27-24)29-17-15-28(16-18-29)23(19-9-3-1-4-10-19)20-11-5-2-6-12-20/h1-6,9-12,23H,7-8,13-18H2,(H,26,27,30). The lowest BCUT2D eigenvalue weighted by Gasteiger charge is -2.40. The summed E-state index contributed by atoms with van der Waals surface area (Å²) in [4.78, 5) is 25.2. The number of aromatic nitrogens is 2. The number of rotatable bonds is 4. The van der Waals surface area contributed by atoms with Crippen LogP contribution in [0.15, 0.2) is 65.5 Å². The molecule has 0 spiro atoms. The number of aromatic amines is 1. The van der Waals surface area contributed by atoms with E-state index in [2.05, 4.69) is 75.4 Å². The van der Waals surface area contributed by atoms with Crippen molar-refractivity contribution in [1.29, 1.82) is 0 Å². The summed E-state index contributed by atoms with van der Waals surface area (Å²) in [6, 6.07) is 21.7. The summed E-state index contributed by atoms with van der Waals surface area (Å²) in [6.45, 7) is 3.57. The van der Waals surface area contributed by atoms with E-state index in [1.165, 1.54) is 11.1 Å². The Morgan fingerprint density at radius 2 is 1.40 bits per heavy atom. The molecule has 1 aliphatic heterocycles. The molecule has 1 fully saturated rings. The molecule has 1 saturated heterocycles. The van der Waals surface area contributed by atoms with Gasteiger partial charge in [0.1, 0.15) is 0 Å². The van der Waals surface area contributed by atoms with Gasteiger partial charge in [-0.1, -0.05) is 60.7 Å². The van der Waals surface area contributed by atoms with Gasteiger partial charge in [0.25, 0.3) is 5.56 Å². The molecular formula is C25H28N4O. The lowest BCUT2D eigenvalue weighted by molar-refractivity contribution is 0.211. The Hall–Kier alpha value is -2.92. The molecule has 0 saturated carbocycles. The van der Waals surface area contributed by atoms with Gasteiger partial charge in [0.2, 0.25) is 5.95 Å². The molecule has 5 heteroatoms. The van der Waals surface area contributed by atoms with Crippen LogP contribution in [0.25, 0.3) is 0 Å². The van der Waals surface area contributed by atoms with Crippen LogP contribution in [0.1, 0.15) is 41.3 Å². The second-order valence-corrected chi connectivity index (χ2v) is 8.27. The van der Waals surface area contributed by atoms with Crippen LogP contribution in [-0.2, 0) is 12.8 Å². The normalized spacial score (nSPS) is 17.2. The number of hydrogen-bond acceptors (Lipinski definition) is 4. The van der Waals surface area contributed by atoms with Crippen molar-refractivity contribution < 1.29 is 0 Å². The van der Waals surface area contributed by atoms with Crippen LogP contribution >= 0.6 is 0 Å². The number of aryl methyl sites for hydroxylation is 1. The van der Waals surface area contributed by atoms with Crippen LogP contribution < -0.4 is 10.5 Å². The molecule has 1 aliphatic carbocycles. The van der Waals surface area contributed by atoms with E-state index in [0.717, 1.165) is 69.1 Å². The zero-order valence-corrected chi connectivity index (χ0v) is 17.3. The van der Waals surface area contributed by atoms with Gasteiger partial charge >= 0.3 is 0 Å². The van der Waals surface area contributed by atoms with Gasteiger partial charge in [0, 0.05) is 31.7 Å². The van der Waals surface area contributed by atoms with E-state index in [1.54, 1.807) is 0 Å². The lowest BCUT2D eigenvalue weighted by Crippen LogP contribution is -2.49. The molecule has 0 radical (unpaired) electrons. The van der Waals surface area contributed by atoms with Gasteiger partial charge in [0.15, 0.2) is 0 Å². The van der Waals surface area contributed by atoms with Crippen LogP contribution in [0.5, 0.6) is 0 Å². The summed E-state index contributed by atoms with van der Waals surface area (Å²) >= 11 is 0. The molecule has 0 unspecified atom stereocenters. The average Bonchev–Trinajstić information content (AvgIpc) is 2.81. The van der Waals surface area contributed by atoms with Crippen molar-refractivity contribution in [3.05, 3.63) is 93.4 Å². The number of H-pyrrole nitrogens is 1. The van der Waals surface area contributed by atoms with Crippen molar-refractivity contribution in [2.45, 2.75) is 31.7 Å². The Morgan fingerprint density at radius 3 is 2.03 bits per heavy atom. The molecule has 0 amide bonds. The third-order valence-corrected chi connectivity index (χ3v) is 6.39. The second kappa shape index (κ2) is 8.44. The number of nitrogens with zero attached hydrogens (tertiary/aromatic N) is 3. The van der Waals surface area contributed by atoms with Crippen LogP contribution in [0.4, 0.5) is 5.95 Å². The molecule has 1 N–H and O–H groups in total. The molecule has 0 atom stereocenters. The van der Waals surface area contributed by atoms with Gasteiger partial charge in [-0.05, 0) is 36.8 Å². The SMILES string of the molecule is O=c1[nH]c(N2CCN(C(c3ccccc3)c3ccccc3)CC2)nc2c1CCCC2. The number of anilines is 1. The third kappa shape index (κ3) is 3.77. The molecular weight excluding hydrogens is 372 g/mol. The fourth-order valence-corrected chi connectivity index (χ4v) is 4.82. The van der Waals surface area contributed by atoms with E-state index >= 15 is 0 Å². The van der Waals surface area contributed by atoms with Gasteiger partial charge in [-0.15, -0.1) is 0 Å². The van der Waals surface area contributed by atoms with E-state index < -0.39 is 0 Å². The molecule has 2 aromatic carbocycles. The van der Waals surface area contributed by atoms with Crippen LogP contribution in [-0.4, -0.2) is 41.0 Å². The van der Waals surface area contributed by atoms with Gasteiger partial charge < -0.3 is 4.90 Å². The predicted molar refractivity (Wildman–Crippen MR) is 120 cm³/mol. The number of benzene rings is 2. The van der Waals surface area contributed by atoms with Crippen LogP contribution in [0, 0.1) is 0 Å². The smallest absolute Gasteiger partial charge is 0.255 e. The number of nitrogens with one attached hydrogen (secondary N) is 1. The van der Waals surface area contributed by atoms with E-state index in [9.17, 15) is 4.79 Å². The number of piperazine rings is 1. The van der Waals surface area contributed by atoms with Crippen molar-refractivity contribution in [3.63, 3.8) is 0 Å². The highest BCUT2D eigenvalue weighted by Crippen LogP contribution is 2.30. The molecule has 3 aromatic rings. The maximum Gasteiger partial charge on any atom is 0.255 e. The highest BCUT2D eigenvalue weighted by atomic mass is 16.1. The zero-order chi connectivity index (χ0) is 20.3. The maximum absolute atomic E-state index is 12.5. The Balaban J connectivity index is 1.37. The molecule has 5 nitrogen and oxygen atoms in total. The summed E-state index contributed by atoms with van der Waals surface area (Å²) in [5.74, 6) is 0.747. The number of hydrogen-bond donors (Lipinski definition) is 1. The molecule has 5 rings (SSSR count). The Morgan fingerprint density at radius 1 is 0.800 bits per heavy atom. The van der Waals surface area contributed by atoms with E-state index in [0.29, 0.717) is 0 Å². The molecule has 0 bridgehead atoms. The predicted octanol–water partition coefficient (Wildman–Crippen LogP) is 3.56. The molecule has 30 heavy (non-hydrogen) atoms. The third-order valence-electron chi connectivity index (χ3n) is 6.39. The van der Waals surface area contributed by atoms with Crippen molar-refractivity contribution >= 4 is 5.95 Å². The van der Waals surface area contributed by atoms with Gasteiger partial charge in [0.05, 0.1) is 11.7 Å². The van der Waals surface area contributed by atoms with Crippen molar-refractivity contribution in [2.75, 3.05) is 31.1 Å². The molecule has 154 valence electrons. The number of fused-ring (bicyclic) bond motifs is 1. The van der Waals surface area contributed by atoms with Crippen molar-refractivity contribution in [1.82, 2.24) is 14.9 Å². The lowest BCUT2D eigenvalue weighted by atomic mass is 9.96. The largest absolute Gasteiger partial charge is 0.340 e. The van der Waals surface area contributed by atoms with Crippen molar-refractivity contribution in [2.24, 2.45) is 0 Å². The average molecular weight is 401 g/mol. The van der Waals surface area contributed by atoms with E-state index in [1.807, 2.05) is 0 Å². The summed E-state index contributed by atoms with van der Waals surface area (Å²) < 4.78 is 0. The minimum absolute atomic E-state index is 0.0589. The highest BCUT2D eigenvalue weighted by molar-refractivity contribution is 5.36. The Labute approximate surface area is 177 Å². The first-order chi connectivity index (χ1) is 14.8. The molecule has 1 aromatic heterocycles. The van der Waals surface area contributed by atoms with Crippen molar-refractivity contribution in [3.8, 4) is 0 Å². The first-order valence-electron chi connectivity index (χ1n) is 11.0. The van der Waals surface area contributed by atoms with Crippen LogP contribution in [0.3, 0.4) is 0 Å². The summed E-state index contributed by atoms with van der Waals surface area (Å²) in [7, 11) is 0. The summed E-state index contributed by atoms with van der Waals surface area (Å²) in [5, 5.41) is 0. The monoisotopic (exact) mass is 400 g/mol. The summed E-state index contributed by atoms with van der Waals surface area (Å²) in [6.07, 6.45) is 4.01. The minimum atomic E-state index is 0.0589. The van der Waals surface area contributed by atoms with Gasteiger partial charge in [-0.3, -0.25) is 14.7 Å². The fourth-order valence-electron chi connectivity index (χ4n) is 4.82. The van der Waals surface area contributed by atoms with E-state index in [4.69, 9.17) is 4.98 Å². The van der Waals surface area contributed by atoms with E-state index in [-0.39, 0.29) is 11.6 Å². The quantitative estimate of drug-likeness (QED) is 0.728. The molecule has 2 heterocycles. The first-order valence-corrected chi connectivity index (χ1v) is 11.0. The van der Waals surface area contributed by atoms with Gasteiger partial charge in [-0.2, -0.15) is 0 Å². The Kier molecular flexibility index (Phi) is 5.37. The fraction of sp³-hybridized carbons (Fsp3) is 0.360. The van der Waals surface area contributed by atoms with Crippen LogP contribution in [0.2, 0.25) is 0 Å². The topological polar surface area (TPSA) is 52.2 Å². The summed E-state index contributed by atoms with van der Waals surface area (Å²) in [5.41, 5.74) is 4.60. The van der Waals surface area contributed by atoms with Gasteiger partial charge in [-0.25, -0.2) is 4.98 Å². The first kappa shape index (κ1) is 19.1. The minimum Gasteiger partial charge on any atom is -0.340 e. The maximum atomic E-state index is 12.5. The second-order valence-electron chi connectivity index (χ2n) is 8.27.